The van der Waals surface area contributed by atoms with Gasteiger partial charge in [-0.15, -0.1) is 0 Å². The van der Waals surface area contributed by atoms with E-state index in [0.717, 1.165) is 6.20 Å². The van der Waals surface area contributed by atoms with Gasteiger partial charge in [-0.25, -0.2) is 8.78 Å². The average molecular weight is 248 g/mol. The zero-order chi connectivity index (χ0) is 13.1. The van der Waals surface area contributed by atoms with Crippen LogP contribution in [0.25, 0.3) is 0 Å². The van der Waals surface area contributed by atoms with E-state index in [1.807, 2.05) is 0 Å². The quantitative estimate of drug-likeness (QED) is 0.903. The number of nitrogens with one attached hydrogen (secondary N) is 1. The normalized spacial score (nSPS) is 12.4. The van der Waals surface area contributed by atoms with E-state index in [1.165, 1.54) is 12.3 Å². The van der Waals surface area contributed by atoms with Crippen molar-refractivity contribution < 1.29 is 8.78 Å². The molecule has 0 amide bonds. The summed E-state index contributed by atoms with van der Waals surface area (Å²) >= 11 is 0. The molecule has 0 aliphatic rings. The van der Waals surface area contributed by atoms with Crippen LogP contribution < -0.4 is 5.32 Å². The molecule has 4 heteroatoms. The summed E-state index contributed by atoms with van der Waals surface area (Å²) in [6, 6.07) is 6.12. The largest absolute Gasteiger partial charge is 0.309 e. The highest BCUT2D eigenvalue weighted by atomic mass is 19.1. The van der Waals surface area contributed by atoms with Crippen LogP contribution >= 0.6 is 0 Å². The molecular formula is C14H14F2N2. The van der Waals surface area contributed by atoms with Gasteiger partial charge < -0.3 is 5.32 Å². The van der Waals surface area contributed by atoms with Crippen LogP contribution in [0.3, 0.4) is 0 Å². The summed E-state index contributed by atoms with van der Waals surface area (Å²) < 4.78 is 27.2. The predicted molar refractivity (Wildman–Crippen MR) is 66.2 cm³/mol. The van der Waals surface area contributed by atoms with E-state index in [0.29, 0.717) is 16.7 Å². The summed E-state index contributed by atoms with van der Waals surface area (Å²) in [7, 11) is 1.71. The molecule has 0 aliphatic heterocycles. The molecule has 1 N–H and O–H groups in total. The summed E-state index contributed by atoms with van der Waals surface area (Å²) in [5, 5.41) is 2.98. The molecule has 1 heterocycles. The van der Waals surface area contributed by atoms with E-state index in [2.05, 4.69) is 10.3 Å². The number of aromatic nitrogens is 1. The second-order valence-electron chi connectivity index (χ2n) is 4.14. The lowest BCUT2D eigenvalue weighted by Gasteiger charge is -2.18. The lowest BCUT2D eigenvalue weighted by atomic mass is 9.98. The van der Waals surface area contributed by atoms with Gasteiger partial charge in [-0.1, -0.05) is 18.2 Å². The monoisotopic (exact) mass is 248 g/mol. The maximum absolute atomic E-state index is 14.1. The maximum Gasteiger partial charge on any atom is 0.141 e. The summed E-state index contributed by atoms with van der Waals surface area (Å²) in [5.41, 5.74) is 1.66. The highest BCUT2D eigenvalue weighted by Crippen LogP contribution is 2.25. The van der Waals surface area contributed by atoms with Crippen LogP contribution in [0.5, 0.6) is 0 Å². The van der Waals surface area contributed by atoms with E-state index in [-0.39, 0.29) is 5.82 Å². The number of nitrogens with zero attached hydrogens (tertiary/aromatic N) is 1. The van der Waals surface area contributed by atoms with Gasteiger partial charge in [0.1, 0.15) is 11.6 Å². The van der Waals surface area contributed by atoms with Crippen LogP contribution in [0.15, 0.2) is 36.7 Å². The third-order valence-corrected chi connectivity index (χ3v) is 2.88. The summed E-state index contributed by atoms with van der Waals surface area (Å²) in [5.74, 6) is -0.707. The number of aryl methyl sites for hydroxylation is 1. The molecule has 2 aromatic rings. The SMILES string of the molecule is CNC(c1cncc(F)c1)c1cccc(C)c1F. The first kappa shape index (κ1) is 12.6. The molecule has 1 aromatic heterocycles. The molecule has 0 spiro atoms. The zero-order valence-corrected chi connectivity index (χ0v) is 10.2. The topological polar surface area (TPSA) is 24.9 Å². The Balaban J connectivity index is 2.49. The van der Waals surface area contributed by atoms with Crippen molar-refractivity contribution in [3.05, 3.63) is 65.0 Å². The van der Waals surface area contributed by atoms with Crippen molar-refractivity contribution in [2.75, 3.05) is 7.05 Å². The second kappa shape index (κ2) is 5.23. The lowest BCUT2D eigenvalue weighted by molar-refractivity contribution is 0.563. The van der Waals surface area contributed by atoms with Gasteiger partial charge in [-0.05, 0) is 31.2 Å². The second-order valence-corrected chi connectivity index (χ2v) is 4.14. The van der Waals surface area contributed by atoms with Gasteiger partial charge in [-0.3, -0.25) is 4.98 Å². The third-order valence-electron chi connectivity index (χ3n) is 2.88. The van der Waals surface area contributed by atoms with E-state index >= 15 is 0 Å². The smallest absolute Gasteiger partial charge is 0.141 e. The average Bonchev–Trinajstić information content (AvgIpc) is 2.35. The Morgan fingerprint density at radius 1 is 1.22 bits per heavy atom. The van der Waals surface area contributed by atoms with E-state index in [1.54, 1.807) is 32.2 Å². The summed E-state index contributed by atoms with van der Waals surface area (Å²) in [6.07, 6.45) is 2.66. The Hall–Kier alpha value is -1.81. The van der Waals surface area contributed by atoms with Crippen molar-refractivity contribution in [3.63, 3.8) is 0 Å². The van der Waals surface area contributed by atoms with Gasteiger partial charge >= 0.3 is 0 Å². The first-order valence-electron chi connectivity index (χ1n) is 5.66. The Morgan fingerprint density at radius 2 is 2.00 bits per heavy atom. The Morgan fingerprint density at radius 3 is 2.67 bits per heavy atom. The predicted octanol–water partition coefficient (Wildman–Crippen LogP) is 2.98. The summed E-state index contributed by atoms with van der Waals surface area (Å²) in [6.45, 7) is 1.70. The van der Waals surface area contributed by atoms with Crippen LogP contribution in [0.2, 0.25) is 0 Å². The number of rotatable bonds is 3. The van der Waals surface area contributed by atoms with Crippen LogP contribution in [0.1, 0.15) is 22.7 Å². The number of benzene rings is 1. The maximum atomic E-state index is 14.1. The molecule has 1 atom stereocenters. The van der Waals surface area contributed by atoms with Crippen molar-refractivity contribution in [2.24, 2.45) is 0 Å². The molecule has 2 rings (SSSR count). The minimum Gasteiger partial charge on any atom is -0.309 e. The van der Waals surface area contributed by atoms with Gasteiger partial charge in [0, 0.05) is 11.8 Å². The molecule has 94 valence electrons. The van der Waals surface area contributed by atoms with Crippen molar-refractivity contribution in [2.45, 2.75) is 13.0 Å². The van der Waals surface area contributed by atoms with Gasteiger partial charge in [-0.2, -0.15) is 0 Å². The Bertz CT molecular complexity index is 555. The van der Waals surface area contributed by atoms with Gasteiger partial charge in [0.15, 0.2) is 0 Å². The molecule has 0 saturated carbocycles. The van der Waals surface area contributed by atoms with Crippen LogP contribution in [-0.4, -0.2) is 12.0 Å². The van der Waals surface area contributed by atoms with Crippen molar-refractivity contribution in [1.29, 1.82) is 0 Å². The lowest BCUT2D eigenvalue weighted by Crippen LogP contribution is -2.19. The van der Waals surface area contributed by atoms with Crippen LogP contribution in [0.4, 0.5) is 8.78 Å². The fraction of sp³-hybridized carbons (Fsp3) is 0.214. The first-order valence-corrected chi connectivity index (χ1v) is 5.66. The number of hydrogen-bond acceptors (Lipinski definition) is 2. The van der Waals surface area contributed by atoms with E-state index < -0.39 is 11.9 Å². The standard InChI is InChI=1S/C14H14F2N2/c1-9-4-3-5-12(13(9)16)14(17-2)10-6-11(15)8-18-7-10/h3-8,14,17H,1-2H3. The highest BCUT2D eigenvalue weighted by Gasteiger charge is 2.17. The minimum atomic E-state index is -0.430. The molecular weight excluding hydrogens is 234 g/mol. The minimum absolute atomic E-state index is 0.277. The molecule has 1 unspecified atom stereocenters. The highest BCUT2D eigenvalue weighted by molar-refractivity contribution is 5.34. The molecule has 0 saturated heterocycles. The molecule has 2 nitrogen and oxygen atoms in total. The van der Waals surface area contributed by atoms with Crippen LogP contribution in [-0.2, 0) is 0 Å². The number of halogens is 2. The van der Waals surface area contributed by atoms with Crippen molar-refractivity contribution >= 4 is 0 Å². The van der Waals surface area contributed by atoms with Gasteiger partial charge in [0.25, 0.3) is 0 Å². The first-order chi connectivity index (χ1) is 8.63. The molecule has 0 bridgehead atoms. The molecule has 0 fully saturated rings. The Kier molecular flexibility index (Phi) is 3.67. The fourth-order valence-corrected chi connectivity index (χ4v) is 1.98. The number of pyridine rings is 1. The van der Waals surface area contributed by atoms with E-state index in [9.17, 15) is 8.78 Å². The third kappa shape index (κ3) is 2.38. The molecule has 0 aliphatic carbocycles. The molecule has 0 radical (unpaired) electrons. The van der Waals surface area contributed by atoms with E-state index in [4.69, 9.17) is 0 Å². The summed E-state index contributed by atoms with van der Waals surface area (Å²) in [4.78, 5) is 3.79. The fourth-order valence-electron chi connectivity index (χ4n) is 1.98. The van der Waals surface area contributed by atoms with Crippen LogP contribution in [0, 0.1) is 18.6 Å². The Labute approximate surface area is 105 Å². The zero-order valence-electron chi connectivity index (χ0n) is 10.2. The van der Waals surface area contributed by atoms with Gasteiger partial charge in [0.2, 0.25) is 0 Å². The van der Waals surface area contributed by atoms with Crippen molar-refractivity contribution in [3.8, 4) is 0 Å². The molecule has 18 heavy (non-hydrogen) atoms. The molecule has 1 aromatic carbocycles. The van der Waals surface area contributed by atoms with Crippen molar-refractivity contribution in [1.82, 2.24) is 10.3 Å². The number of hydrogen-bond donors (Lipinski definition) is 1. The van der Waals surface area contributed by atoms with Gasteiger partial charge in [0.05, 0.1) is 12.2 Å².